The fourth-order valence-electron chi connectivity index (χ4n) is 1.86. The predicted octanol–water partition coefficient (Wildman–Crippen LogP) is 2.46. The molecule has 1 aromatic heterocycles. The molecule has 2 aromatic rings. The molecular formula is C15H19ClN4O. The van der Waals surface area contributed by atoms with Gasteiger partial charge in [-0.15, -0.1) is 0 Å². The first-order valence-corrected chi connectivity index (χ1v) is 7.25. The van der Waals surface area contributed by atoms with Gasteiger partial charge in [-0.3, -0.25) is 4.79 Å². The molecule has 112 valence electrons. The number of hydrogen-bond acceptors (Lipinski definition) is 4. The summed E-state index contributed by atoms with van der Waals surface area (Å²) in [6, 6.07) is 9.06. The van der Waals surface area contributed by atoms with Crippen molar-refractivity contribution in [3.8, 4) is 0 Å². The maximum absolute atomic E-state index is 12.0. The normalized spacial score (nSPS) is 10.4. The Hall–Kier alpha value is -2.01. The van der Waals surface area contributed by atoms with Crippen LogP contribution in [0.15, 0.2) is 41.3 Å². The molecule has 0 saturated carbocycles. The lowest BCUT2D eigenvalue weighted by Crippen LogP contribution is -2.27. The molecule has 21 heavy (non-hydrogen) atoms. The quantitative estimate of drug-likeness (QED) is 0.891. The lowest BCUT2D eigenvalue weighted by atomic mass is 10.3. The second-order valence-corrected chi connectivity index (χ2v) is 5.16. The van der Waals surface area contributed by atoms with Gasteiger partial charge < -0.3 is 10.2 Å². The Morgan fingerprint density at radius 1 is 1.33 bits per heavy atom. The SMILES string of the molecule is CCN(C)c1cnn(CCNc2ccc(Cl)cc2)c(=O)c1. The average Bonchev–Trinajstić information content (AvgIpc) is 2.50. The summed E-state index contributed by atoms with van der Waals surface area (Å²) in [6.45, 7) is 4.00. The van der Waals surface area contributed by atoms with Crippen LogP contribution in [0.25, 0.3) is 0 Å². The van der Waals surface area contributed by atoms with Crippen LogP contribution in [0.4, 0.5) is 11.4 Å². The Bertz CT molecular complexity index is 639. The van der Waals surface area contributed by atoms with Crippen LogP contribution in [0.3, 0.4) is 0 Å². The van der Waals surface area contributed by atoms with Crippen molar-refractivity contribution in [1.29, 1.82) is 0 Å². The summed E-state index contributed by atoms with van der Waals surface area (Å²) >= 11 is 5.83. The fourth-order valence-corrected chi connectivity index (χ4v) is 1.98. The number of hydrogen-bond donors (Lipinski definition) is 1. The molecule has 1 N–H and O–H groups in total. The van der Waals surface area contributed by atoms with E-state index in [1.165, 1.54) is 4.68 Å². The van der Waals surface area contributed by atoms with E-state index in [1.807, 2.05) is 43.1 Å². The summed E-state index contributed by atoms with van der Waals surface area (Å²) < 4.78 is 1.45. The Kier molecular flexibility index (Phi) is 5.22. The molecule has 0 radical (unpaired) electrons. The van der Waals surface area contributed by atoms with Crippen molar-refractivity contribution < 1.29 is 0 Å². The largest absolute Gasteiger partial charge is 0.383 e. The molecule has 6 heteroatoms. The van der Waals surface area contributed by atoms with Crippen LogP contribution in [0.2, 0.25) is 5.02 Å². The van der Waals surface area contributed by atoms with E-state index in [2.05, 4.69) is 10.4 Å². The molecular weight excluding hydrogens is 288 g/mol. The van der Waals surface area contributed by atoms with Crippen molar-refractivity contribution in [3.63, 3.8) is 0 Å². The number of aromatic nitrogens is 2. The van der Waals surface area contributed by atoms with Crippen LogP contribution in [-0.4, -0.2) is 29.9 Å². The van der Waals surface area contributed by atoms with E-state index in [4.69, 9.17) is 11.6 Å². The molecule has 0 aliphatic heterocycles. The topological polar surface area (TPSA) is 50.2 Å². The molecule has 5 nitrogen and oxygen atoms in total. The van der Waals surface area contributed by atoms with E-state index >= 15 is 0 Å². The molecule has 0 unspecified atom stereocenters. The minimum absolute atomic E-state index is 0.0919. The lowest BCUT2D eigenvalue weighted by Gasteiger charge is -2.16. The highest BCUT2D eigenvalue weighted by molar-refractivity contribution is 6.30. The molecule has 0 fully saturated rings. The van der Waals surface area contributed by atoms with Crippen LogP contribution in [-0.2, 0) is 6.54 Å². The zero-order chi connectivity index (χ0) is 15.2. The zero-order valence-corrected chi connectivity index (χ0v) is 13.0. The maximum Gasteiger partial charge on any atom is 0.268 e. The van der Waals surface area contributed by atoms with Gasteiger partial charge in [0.2, 0.25) is 0 Å². The summed E-state index contributed by atoms with van der Waals surface area (Å²) in [6.07, 6.45) is 1.72. The molecule has 0 atom stereocenters. The molecule has 1 heterocycles. The molecule has 0 spiro atoms. The molecule has 0 bridgehead atoms. The van der Waals surface area contributed by atoms with Gasteiger partial charge in [0, 0.05) is 36.9 Å². The summed E-state index contributed by atoms with van der Waals surface area (Å²) in [5.74, 6) is 0. The van der Waals surface area contributed by atoms with E-state index in [9.17, 15) is 4.79 Å². The summed E-state index contributed by atoms with van der Waals surface area (Å²) in [5, 5.41) is 8.12. The first-order valence-electron chi connectivity index (χ1n) is 6.88. The summed E-state index contributed by atoms with van der Waals surface area (Å²) in [7, 11) is 1.93. The Labute approximate surface area is 129 Å². The van der Waals surface area contributed by atoms with Gasteiger partial charge in [-0.05, 0) is 31.2 Å². The van der Waals surface area contributed by atoms with Gasteiger partial charge >= 0.3 is 0 Å². The van der Waals surface area contributed by atoms with Gasteiger partial charge in [-0.1, -0.05) is 11.6 Å². The van der Waals surface area contributed by atoms with Crippen molar-refractivity contribution in [1.82, 2.24) is 9.78 Å². The van der Waals surface area contributed by atoms with Crippen LogP contribution >= 0.6 is 11.6 Å². The molecule has 0 aliphatic carbocycles. The molecule has 1 aromatic carbocycles. The second kappa shape index (κ2) is 7.13. The van der Waals surface area contributed by atoms with Gasteiger partial charge in [0.15, 0.2) is 0 Å². The zero-order valence-electron chi connectivity index (χ0n) is 12.2. The Morgan fingerprint density at radius 3 is 2.67 bits per heavy atom. The minimum atomic E-state index is -0.0919. The molecule has 0 amide bonds. The highest BCUT2D eigenvalue weighted by atomic mass is 35.5. The Balaban J connectivity index is 1.94. The highest BCUT2D eigenvalue weighted by Crippen LogP contribution is 2.13. The second-order valence-electron chi connectivity index (χ2n) is 4.72. The van der Waals surface area contributed by atoms with E-state index in [1.54, 1.807) is 12.3 Å². The van der Waals surface area contributed by atoms with Crippen LogP contribution < -0.4 is 15.8 Å². The number of nitrogens with zero attached hydrogens (tertiary/aromatic N) is 3. The van der Waals surface area contributed by atoms with E-state index in [-0.39, 0.29) is 5.56 Å². The average molecular weight is 307 g/mol. The van der Waals surface area contributed by atoms with E-state index in [0.717, 1.165) is 17.9 Å². The smallest absolute Gasteiger partial charge is 0.268 e. The number of nitrogens with one attached hydrogen (secondary N) is 1. The molecule has 0 saturated heterocycles. The van der Waals surface area contributed by atoms with Crippen LogP contribution in [0, 0.1) is 0 Å². The van der Waals surface area contributed by atoms with Crippen molar-refractivity contribution in [3.05, 3.63) is 51.9 Å². The van der Waals surface area contributed by atoms with Crippen molar-refractivity contribution in [2.24, 2.45) is 0 Å². The maximum atomic E-state index is 12.0. The highest BCUT2D eigenvalue weighted by Gasteiger charge is 2.03. The van der Waals surface area contributed by atoms with Crippen molar-refractivity contribution in [2.75, 3.05) is 30.4 Å². The summed E-state index contributed by atoms with van der Waals surface area (Å²) in [4.78, 5) is 14.0. The predicted molar refractivity (Wildman–Crippen MR) is 87.4 cm³/mol. The van der Waals surface area contributed by atoms with Gasteiger partial charge in [-0.2, -0.15) is 5.10 Å². The molecule has 0 aliphatic rings. The van der Waals surface area contributed by atoms with Crippen molar-refractivity contribution in [2.45, 2.75) is 13.5 Å². The van der Waals surface area contributed by atoms with Gasteiger partial charge in [0.25, 0.3) is 5.56 Å². The third-order valence-corrected chi connectivity index (χ3v) is 3.52. The number of benzene rings is 1. The third kappa shape index (κ3) is 4.23. The Morgan fingerprint density at radius 2 is 2.05 bits per heavy atom. The minimum Gasteiger partial charge on any atom is -0.383 e. The van der Waals surface area contributed by atoms with E-state index < -0.39 is 0 Å². The van der Waals surface area contributed by atoms with Gasteiger partial charge in [0.05, 0.1) is 18.4 Å². The van der Waals surface area contributed by atoms with E-state index in [0.29, 0.717) is 18.1 Å². The molecule has 2 rings (SSSR count). The third-order valence-electron chi connectivity index (χ3n) is 3.27. The van der Waals surface area contributed by atoms with Crippen LogP contribution in [0.1, 0.15) is 6.92 Å². The number of anilines is 2. The first kappa shape index (κ1) is 15.4. The van der Waals surface area contributed by atoms with Gasteiger partial charge in [-0.25, -0.2) is 4.68 Å². The monoisotopic (exact) mass is 306 g/mol. The van der Waals surface area contributed by atoms with Gasteiger partial charge in [0.1, 0.15) is 0 Å². The first-order chi connectivity index (χ1) is 10.1. The number of halogens is 1. The fraction of sp³-hybridized carbons (Fsp3) is 0.333. The van der Waals surface area contributed by atoms with Crippen molar-refractivity contribution >= 4 is 23.0 Å². The standard InChI is InChI=1S/C15H19ClN4O/c1-3-19(2)14-10-15(21)20(18-11-14)9-8-17-13-6-4-12(16)5-7-13/h4-7,10-11,17H,3,8-9H2,1-2H3. The number of rotatable bonds is 6. The lowest BCUT2D eigenvalue weighted by molar-refractivity contribution is 0.597. The summed E-state index contributed by atoms with van der Waals surface area (Å²) in [5.41, 5.74) is 1.71. The van der Waals surface area contributed by atoms with Crippen LogP contribution in [0.5, 0.6) is 0 Å².